The van der Waals surface area contributed by atoms with Crippen molar-refractivity contribution in [3.63, 3.8) is 0 Å². The molecular formula is C10H14N4O2. The van der Waals surface area contributed by atoms with E-state index >= 15 is 0 Å². The molecule has 1 rings (SSSR count). The highest BCUT2D eigenvalue weighted by Gasteiger charge is 2.04. The minimum absolute atomic E-state index is 0.0581. The van der Waals surface area contributed by atoms with Gasteiger partial charge in [0.25, 0.3) is 0 Å². The average molecular weight is 222 g/mol. The third kappa shape index (κ3) is 3.58. The molecule has 0 spiro atoms. The fourth-order valence-electron chi connectivity index (χ4n) is 1.05. The van der Waals surface area contributed by atoms with Gasteiger partial charge in [-0.25, -0.2) is 5.84 Å². The van der Waals surface area contributed by atoms with Crippen LogP contribution in [0.5, 0.6) is 0 Å². The van der Waals surface area contributed by atoms with Crippen molar-refractivity contribution < 1.29 is 9.53 Å². The summed E-state index contributed by atoms with van der Waals surface area (Å²) >= 11 is 0. The van der Waals surface area contributed by atoms with Crippen molar-refractivity contribution in [2.75, 3.05) is 13.7 Å². The Labute approximate surface area is 93.5 Å². The van der Waals surface area contributed by atoms with Gasteiger partial charge in [0.1, 0.15) is 6.54 Å². The lowest BCUT2D eigenvalue weighted by atomic mass is 10.2. The standard InChI is InChI=1S/C10H14N4O2/c1-16-10(15)7-14(12)6-9(11)8-3-2-4-13-5-8/h2-6H,7,11-12H2,1H3/b9-6-. The van der Waals surface area contributed by atoms with Crippen LogP contribution in [0.25, 0.3) is 5.70 Å². The van der Waals surface area contributed by atoms with Gasteiger partial charge in [0.15, 0.2) is 0 Å². The highest BCUT2D eigenvalue weighted by molar-refractivity contribution is 5.72. The summed E-state index contributed by atoms with van der Waals surface area (Å²) < 4.78 is 4.47. The van der Waals surface area contributed by atoms with E-state index in [1.165, 1.54) is 13.3 Å². The van der Waals surface area contributed by atoms with Crippen molar-refractivity contribution in [1.29, 1.82) is 0 Å². The Morgan fingerprint density at radius 3 is 3.00 bits per heavy atom. The zero-order valence-corrected chi connectivity index (χ0v) is 8.96. The molecular weight excluding hydrogens is 208 g/mol. The Balaban J connectivity index is 2.66. The summed E-state index contributed by atoms with van der Waals surface area (Å²) in [7, 11) is 1.30. The fourth-order valence-corrected chi connectivity index (χ4v) is 1.05. The maximum Gasteiger partial charge on any atom is 0.326 e. The molecule has 6 nitrogen and oxygen atoms in total. The summed E-state index contributed by atoms with van der Waals surface area (Å²) in [4.78, 5) is 14.8. The van der Waals surface area contributed by atoms with Crippen LogP contribution in [0.4, 0.5) is 0 Å². The molecule has 0 bridgehead atoms. The van der Waals surface area contributed by atoms with Crippen LogP contribution in [-0.2, 0) is 9.53 Å². The summed E-state index contributed by atoms with van der Waals surface area (Å²) in [6.07, 6.45) is 4.71. The molecule has 0 amide bonds. The zero-order chi connectivity index (χ0) is 12.0. The van der Waals surface area contributed by atoms with E-state index in [2.05, 4.69) is 9.72 Å². The minimum atomic E-state index is -0.433. The van der Waals surface area contributed by atoms with Gasteiger partial charge in [0.2, 0.25) is 0 Å². The fraction of sp³-hybridized carbons (Fsp3) is 0.200. The first-order chi connectivity index (χ1) is 7.63. The van der Waals surface area contributed by atoms with Gasteiger partial charge in [-0.05, 0) is 12.1 Å². The van der Waals surface area contributed by atoms with E-state index in [4.69, 9.17) is 11.6 Å². The molecule has 1 aromatic heterocycles. The highest BCUT2D eigenvalue weighted by atomic mass is 16.5. The number of nitrogens with two attached hydrogens (primary N) is 2. The van der Waals surface area contributed by atoms with Gasteiger partial charge >= 0.3 is 5.97 Å². The van der Waals surface area contributed by atoms with E-state index in [0.29, 0.717) is 5.70 Å². The van der Waals surface area contributed by atoms with E-state index in [9.17, 15) is 4.79 Å². The zero-order valence-electron chi connectivity index (χ0n) is 8.96. The number of esters is 1. The number of carbonyl (C=O) groups excluding carboxylic acids is 1. The molecule has 0 fully saturated rings. The topological polar surface area (TPSA) is 94.5 Å². The number of rotatable bonds is 4. The van der Waals surface area contributed by atoms with Crippen LogP contribution in [0.2, 0.25) is 0 Å². The third-order valence-corrected chi connectivity index (χ3v) is 1.84. The van der Waals surface area contributed by atoms with Gasteiger partial charge in [0.05, 0.1) is 12.8 Å². The van der Waals surface area contributed by atoms with Crippen molar-refractivity contribution in [3.05, 3.63) is 36.3 Å². The SMILES string of the molecule is COC(=O)CN(N)/C=C(\N)c1cccnc1. The second kappa shape index (κ2) is 5.72. The van der Waals surface area contributed by atoms with Crippen LogP contribution < -0.4 is 11.6 Å². The van der Waals surface area contributed by atoms with Crippen molar-refractivity contribution in [3.8, 4) is 0 Å². The molecule has 4 N–H and O–H groups in total. The Hall–Kier alpha value is -2.08. The number of aromatic nitrogens is 1. The Kier molecular flexibility index (Phi) is 4.28. The van der Waals surface area contributed by atoms with Gasteiger partial charge in [0, 0.05) is 24.2 Å². The van der Waals surface area contributed by atoms with Crippen LogP contribution in [0, 0.1) is 0 Å². The largest absolute Gasteiger partial charge is 0.468 e. The van der Waals surface area contributed by atoms with E-state index in [1.54, 1.807) is 24.5 Å². The number of carbonyl (C=O) groups is 1. The lowest BCUT2D eigenvalue weighted by Gasteiger charge is -2.13. The smallest absolute Gasteiger partial charge is 0.326 e. The van der Waals surface area contributed by atoms with Gasteiger partial charge in [-0.15, -0.1) is 0 Å². The first kappa shape index (κ1) is 12.0. The number of methoxy groups -OCH3 is 1. The van der Waals surface area contributed by atoms with Gasteiger partial charge in [-0.1, -0.05) is 0 Å². The van der Waals surface area contributed by atoms with Crippen LogP contribution >= 0.6 is 0 Å². The quantitative estimate of drug-likeness (QED) is 0.412. The minimum Gasteiger partial charge on any atom is -0.468 e. The van der Waals surface area contributed by atoms with Crippen molar-refractivity contribution in [2.24, 2.45) is 11.6 Å². The van der Waals surface area contributed by atoms with E-state index < -0.39 is 5.97 Å². The number of ether oxygens (including phenoxy) is 1. The molecule has 6 heteroatoms. The third-order valence-electron chi connectivity index (χ3n) is 1.84. The number of hydrogen-bond donors (Lipinski definition) is 2. The molecule has 0 aliphatic heterocycles. The van der Waals surface area contributed by atoms with Crippen molar-refractivity contribution >= 4 is 11.7 Å². The highest BCUT2D eigenvalue weighted by Crippen LogP contribution is 2.05. The molecule has 1 aromatic rings. The molecule has 0 aliphatic rings. The number of pyridine rings is 1. The Morgan fingerprint density at radius 2 is 2.44 bits per heavy atom. The van der Waals surface area contributed by atoms with Gasteiger partial charge in [-0.3, -0.25) is 9.78 Å². The van der Waals surface area contributed by atoms with Crippen molar-refractivity contribution in [1.82, 2.24) is 9.99 Å². The summed E-state index contributed by atoms with van der Waals surface area (Å²) in [6, 6.07) is 3.56. The maximum atomic E-state index is 10.9. The number of hydrazine groups is 1. The lowest BCUT2D eigenvalue weighted by molar-refractivity contribution is -0.141. The number of hydrogen-bond acceptors (Lipinski definition) is 6. The predicted molar refractivity (Wildman–Crippen MR) is 59.3 cm³/mol. The lowest BCUT2D eigenvalue weighted by Crippen LogP contribution is -2.32. The second-order valence-corrected chi connectivity index (χ2v) is 3.07. The van der Waals surface area contributed by atoms with Gasteiger partial charge < -0.3 is 15.5 Å². The first-order valence-electron chi connectivity index (χ1n) is 4.59. The molecule has 0 saturated carbocycles. The molecule has 0 saturated heterocycles. The van der Waals surface area contributed by atoms with Crippen LogP contribution in [-0.4, -0.2) is 29.6 Å². The van der Waals surface area contributed by atoms with Crippen LogP contribution in [0.1, 0.15) is 5.56 Å². The van der Waals surface area contributed by atoms with Crippen LogP contribution in [0.15, 0.2) is 30.7 Å². The van der Waals surface area contributed by atoms with Gasteiger partial charge in [-0.2, -0.15) is 0 Å². The first-order valence-corrected chi connectivity index (χ1v) is 4.59. The van der Waals surface area contributed by atoms with Crippen molar-refractivity contribution in [2.45, 2.75) is 0 Å². The van der Waals surface area contributed by atoms with E-state index in [1.807, 2.05) is 0 Å². The monoisotopic (exact) mass is 222 g/mol. The second-order valence-electron chi connectivity index (χ2n) is 3.07. The summed E-state index contributed by atoms with van der Waals surface area (Å²) in [5.74, 6) is 5.11. The summed E-state index contributed by atoms with van der Waals surface area (Å²) in [5.41, 5.74) is 6.93. The van der Waals surface area contributed by atoms with E-state index in [0.717, 1.165) is 10.6 Å². The molecule has 0 unspecified atom stereocenters. The number of nitrogens with zero attached hydrogens (tertiary/aromatic N) is 2. The maximum absolute atomic E-state index is 10.9. The molecule has 86 valence electrons. The average Bonchev–Trinajstić information content (AvgIpc) is 2.29. The molecule has 0 aromatic carbocycles. The normalized spacial score (nSPS) is 11.0. The summed E-state index contributed by atoms with van der Waals surface area (Å²) in [5, 5.41) is 1.16. The molecule has 1 heterocycles. The predicted octanol–water partition coefficient (Wildman–Crippen LogP) is -0.313. The van der Waals surface area contributed by atoms with E-state index in [-0.39, 0.29) is 6.54 Å². The molecule has 0 radical (unpaired) electrons. The summed E-state index contributed by atoms with van der Waals surface area (Å²) in [6.45, 7) is -0.0581. The Bertz CT molecular complexity index is 378. The van der Waals surface area contributed by atoms with Crippen LogP contribution in [0.3, 0.4) is 0 Å². The molecule has 0 aliphatic carbocycles. The molecule has 0 atom stereocenters. The Morgan fingerprint density at radius 1 is 1.69 bits per heavy atom. The molecule has 16 heavy (non-hydrogen) atoms.